The van der Waals surface area contributed by atoms with Crippen molar-refractivity contribution in [3.63, 3.8) is 0 Å². The molecule has 3 aromatic heterocycles. The lowest BCUT2D eigenvalue weighted by Gasteiger charge is -2.04. The van der Waals surface area contributed by atoms with Gasteiger partial charge in [0, 0.05) is 28.4 Å². The minimum atomic E-state index is 0.142. The van der Waals surface area contributed by atoms with Crippen LogP contribution in [0, 0.1) is 5.92 Å². The van der Waals surface area contributed by atoms with Gasteiger partial charge in [0.2, 0.25) is 0 Å². The predicted octanol–water partition coefficient (Wildman–Crippen LogP) is 5.20. The van der Waals surface area contributed by atoms with Crippen LogP contribution in [0.15, 0.2) is 61.1 Å². The van der Waals surface area contributed by atoms with Crippen LogP contribution in [0.4, 0.5) is 11.4 Å². The monoisotopic (exact) mass is 398 g/mol. The predicted molar refractivity (Wildman–Crippen MR) is 119 cm³/mol. The van der Waals surface area contributed by atoms with Crippen LogP contribution in [0.2, 0.25) is 0 Å². The molecule has 0 amide bonds. The Bertz CT molecular complexity index is 1360. The van der Waals surface area contributed by atoms with Crippen LogP contribution in [0.1, 0.15) is 30.8 Å². The number of nitrogens with zero attached hydrogens (tertiary/aromatic N) is 3. The van der Waals surface area contributed by atoms with Crippen molar-refractivity contribution in [2.45, 2.75) is 20.3 Å². The number of nitrogens with one attached hydrogen (secondary N) is 3. The number of fused-ring (bicyclic) bond motifs is 2. The van der Waals surface area contributed by atoms with E-state index in [1.165, 1.54) is 0 Å². The standard InChI is InChI=1S/C23H22N6O/c1-14(2)7-23(30)22-9-15-3-5-19(10-21(15)27-22)29-13-18(12-25-29)26-17-4-6-20-16(8-17)11-24-28-20/h3-6,8-14,26-27H,7H2,1-2H3,(H,24,28). The highest BCUT2D eigenvalue weighted by molar-refractivity contribution is 5.99. The summed E-state index contributed by atoms with van der Waals surface area (Å²) >= 11 is 0. The van der Waals surface area contributed by atoms with Gasteiger partial charge >= 0.3 is 0 Å². The van der Waals surface area contributed by atoms with Gasteiger partial charge in [0.05, 0.1) is 41.2 Å². The van der Waals surface area contributed by atoms with E-state index in [4.69, 9.17) is 0 Å². The third-order valence-corrected chi connectivity index (χ3v) is 5.08. The number of aromatic amines is 2. The van der Waals surface area contributed by atoms with Crippen LogP contribution in [0.25, 0.3) is 27.5 Å². The highest BCUT2D eigenvalue weighted by Crippen LogP contribution is 2.24. The van der Waals surface area contributed by atoms with E-state index in [0.717, 1.165) is 38.9 Å². The molecule has 0 unspecified atom stereocenters. The van der Waals surface area contributed by atoms with Crippen molar-refractivity contribution in [1.29, 1.82) is 0 Å². The first-order chi connectivity index (χ1) is 14.5. The van der Waals surface area contributed by atoms with Crippen LogP contribution < -0.4 is 5.32 Å². The molecule has 0 saturated heterocycles. The van der Waals surface area contributed by atoms with Crippen LogP contribution in [-0.4, -0.2) is 30.7 Å². The maximum Gasteiger partial charge on any atom is 0.179 e. The number of H-pyrrole nitrogens is 2. The lowest BCUT2D eigenvalue weighted by Crippen LogP contribution is -2.03. The van der Waals surface area contributed by atoms with Gasteiger partial charge in [-0.15, -0.1) is 0 Å². The second-order valence-electron chi connectivity index (χ2n) is 7.95. The third-order valence-electron chi connectivity index (χ3n) is 5.08. The van der Waals surface area contributed by atoms with E-state index in [1.54, 1.807) is 12.4 Å². The zero-order valence-corrected chi connectivity index (χ0v) is 16.8. The Morgan fingerprint density at radius 1 is 1.03 bits per heavy atom. The van der Waals surface area contributed by atoms with E-state index in [9.17, 15) is 4.79 Å². The molecule has 0 fully saturated rings. The number of rotatable bonds is 6. The van der Waals surface area contributed by atoms with Gasteiger partial charge < -0.3 is 10.3 Å². The summed E-state index contributed by atoms with van der Waals surface area (Å²) in [6.07, 6.45) is 6.07. The summed E-state index contributed by atoms with van der Waals surface area (Å²) in [6, 6.07) is 14.0. The molecule has 3 N–H and O–H groups in total. The topological polar surface area (TPSA) is 91.4 Å². The molecular weight excluding hydrogens is 376 g/mol. The highest BCUT2D eigenvalue weighted by atomic mass is 16.1. The van der Waals surface area contributed by atoms with Crippen molar-refractivity contribution in [1.82, 2.24) is 25.0 Å². The van der Waals surface area contributed by atoms with Crippen molar-refractivity contribution >= 4 is 39.0 Å². The van der Waals surface area contributed by atoms with Gasteiger partial charge in [0.15, 0.2) is 5.78 Å². The van der Waals surface area contributed by atoms with Crippen molar-refractivity contribution in [3.8, 4) is 5.69 Å². The van der Waals surface area contributed by atoms with E-state index >= 15 is 0 Å². The van der Waals surface area contributed by atoms with Crippen molar-refractivity contribution in [2.24, 2.45) is 5.92 Å². The molecule has 0 spiro atoms. The first-order valence-electron chi connectivity index (χ1n) is 9.96. The highest BCUT2D eigenvalue weighted by Gasteiger charge is 2.12. The van der Waals surface area contributed by atoms with Gasteiger partial charge in [-0.1, -0.05) is 19.9 Å². The summed E-state index contributed by atoms with van der Waals surface area (Å²) < 4.78 is 1.81. The molecule has 7 heteroatoms. The summed E-state index contributed by atoms with van der Waals surface area (Å²) in [5.74, 6) is 0.478. The second-order valence-corrected chi connectivity index (χ2v) is 7.95. The van der Waals surface area contributed by atoms with Gasteiger partial charge in [-0.3, -0.25) is 9.89 Å². The SMILES string of the molecule is CC(C)CC(=O)c1cc2ccc(-n3cc(Nc4ccc5[nH]ncc5c4)cn3)cc2[nH]1. The van der Waals surface area contributed by atoms with E-state index in [2.05, 4.69) is 39.4 Å². The molecule has 0 aliphatic rings. The van der Waals surface area contributed by atoms with Gasteiger partial charge in [-0.25, -0.2) is 4.68 Å². The Hall–Kier alpha value is -3.87. The van der Waals surface area contributed by atoms with Gasteiger partial charge in [-0.05, 0) is 42.3 Å². The molecule has 150 valence electrons. The number of ketones is 1. The van der Waals surface area contributed by atoms with E-state index in [-0.39, 0.29) is 5.78 Å². The number of benzene rings is 2. The maximum atomic E-state index is 12.4. The fourth-order valence-corrected chi connectivity index (χ4v) is 3.60. The normalized spacial score (nSPS) is 11.6. The smallest absolute Gasteiger partial charge is 0.179 e. The molecule has 5 aromatic rings. The van der Waals surface area contributed by atoms with Gasteiger partial charge in [0.1, 0.15) is 0 Å². The van der Waals surface area contributed by atoms with Crippen molar-refractivity contribution < 1.29 is 4.79 Å². The van der Waals surface area contributed by atoms with E-state index in [1.807, 2.05) is 53.3 Å². The lowest BCUT2D eigenvalue weighted by molar-refractivity contribution is 0.0964. The molecule has 3 heterocycles. The number of hydrogen-bond acceptors (Lipinski definition) is 4. The second kappa shape index (κ2) is 7.18. The Balaban J connectivity index is 1.38. The number of carbonyl (C=O) groups is 1. The van der Waals surface area contributed by atoms with Crippen molar-refractivity contribution in [3.05, 3.63) is 66.7 Å². The quantitative estimate of drug-likeness (QED) is 0.343. The molecule has 0 atom stereocenters. The zero-order valence-electron chi connectivity index (χ0n) is 16.8. The minimum Gasteiger partial charge on any atom is -0.353 e. The molecular formula is C23H22N6O. The Kier molecular flexibility index (Phi) is 4.35. The fraction of sp³-hybridized carbons (Fsp3) is 0.174. The van der Waals surface area contributed by atoms with Crippen LogP contribution in [0.3, 0.4) is 0 Å². The van der Waals surface area contributed by atoms with E-state index < -0.39 is 0 Å². The van der Waals surface area contributed by atoms with Gasteiger partial charge in [0.25, 0.3) is 0 Å². The average molecular weight is 398 g/mol. The molecule has 0 radical (unpaired) electrons. The summed E-state index contributed by atoms with van der Waals surface area (Å²) in [4.78, 5) is 15.6. The van der Waals surface area contributed by atoms with Crippen LogP contribution in [0.5, 0.6) is 0 Å². The van der Waals surface area contributed by atoms with Gasteiger partial charge in [-0.2, -0.15) is 10.2 Å². The largest absolute Gasteiger partial charge is 0.353 e. The Morgan fingerprint density at radius 2 is 1.93 bits per heavy atom. The summed E-state index contributed by atoms with van der Waals surface area (Å²) in [5, 5.41) is 16.9. The number of Topliss-reactive ketones (excluding diaryl/α,β-unsaturated/α-hetero) is 1. The average Bonchev–Trinajstić information content (AvgIpc) is 3.45. The first kappa shape index (κ1) is 18.2. The molecule has 0 aliphatic heterocycles. The molecule has 0 bridgehead atoms. The summed E-state index contributed by atoms with van der Waals surface area (Å²) in [5.41, 5.74) is 5.37. The lowest BCUT2D eigenvalue weighted by atomic mass is 10.1. The number of aromatic nitrogens is 5. The molecule has 0 aliphatic carbocycles. The Labute approximate surface area is 173 Å². The Morgan fingerprint density at radius 3 is 2.80 bits per heavy atom. The zero-order chi connectivity index (χ0) is 20.7. The molecule has 7 nitrogen and oxygen atoms in total. The molecule has 30 heavy (non-hydrogen) atoms. The summed E-state index contributed by atoms with van der Waals surface area (Å²) in [7, 11) is 0. The summed E-state index contributed by atoms with van der Waals surface area (Å²) in [6.45, 7) is 4.10. The minimum absolute atomic E-state index is 0.142. The number of carbonyl (C=O) groups excluding carboxylic acids is 1. The molecule has 2 aromatic carbocycles. The number of hydrogen-bond donors (Lipinski definition) is 3. The van der Waals surface area contributed by atoms with Crippen LogP contribution >= 0.6 is 0 Å². The van der Waals surface area contributed by atoms with Crippen LogP contribution in [-0.2, 0) is 0 Å². The molecule has 5 rings (SSSR count). The number of anilines is 2. The van der Waals surface area contributed by atoms with E-state index in [0.29, 0.717) is 18.0 Å². The first-order valence-corrected chi connectivity index (χ1v) is 9.96. The fourth-order valence-electron chi connectivity index (χ4n) is 3.60. The maximum absolute atomic E-state index is 12.4. The molecule has 0 saturated carbocycles. The van der Waals surface area contributed by atoms with Crippen molar-refractivity contribution in [2.75, 3.05) is 5.32 Å². The third kappa shape index (κ3) is 3.45.